The maximum Gasteiger partial charge on any atom is 0.319 e. The normalized spacial score (nSPS) is 14.3. The Labute approximate surface area is 149 Å². The highest BCUT2D eigenvalue weighted by atomic mass is 16.5. The van der Waals surface area contributed by atoms with Gasteiger partial charge in [0.25, 0.3) is 0 Å². The van der Waals surface area contributed by atoms with Gasteiger partial charge in [-0.1, -0.05) is 30.3 Å². The molecule has 0 aromatic heterocycles. The van der Waals surface area contributed by atoms with E-state index in [-0.39, 0.29) is 6.03 Å². The molecule has 2 amide bonds. The van der Waals surface area contributed by atoms with E-state index < -0.39 is 0 Å². The molecule has 2 aromatic rings. The van der Waals surface area contributed by atoms with Crippen LogP contribution in [0.5, 0.6) is 5.75 Å². The van der Waals surface area contributed by atoms with E-state index in [4.69, 9.17) is 4.74 Å². The molecule has 25 heavy (non-hydrogen) atoms. The van der Waals surface area contributed by atoms with Crippen molar-refractivity contribution in [3.8, 4) is 5.75 Å². The Balaban J connectivity index is 1.46. The minimum Gasteiger partial charge on any atom is -0.497 e. The van der Waals surface area contributed by atoms with Crippen LogP contribution in [-0.4, -0.2) is 31.1 Å². The fourth-order valence-corrected chi connectivity index (χ4v) is 3.02. The number of carbonyl (C=O) groups is 1. The quantitative estimate of drug-likeness (QED) is 0.845. The molecular formula is C20H25N3O2. The van der Waals surface area contributed by atoms with Gasteiger partial charge in [0, 0.05) is 24.8 Å². The van der Waals surface area contributed by atoms with E-state index in [9.17, 15) is 4.79 Å². The van der Waals surface area contributed by atoms with Gasteiger partial charge in [0.1, 0.15) is 5.75 Å². The highest BCUT2D eigenvalue weighted by Gasteiger charge is 2.11. The van der Waals surface area contributed by atoms with E-state index in [1.807, 2.05) is 18.2 Å². The molecular weight excluding hydrogens is 314 g/mol. The van der Waals surface area contributed by atoms with E-state index in [0.29, 0.717) is 18.0 Å². The highest BCUT2D eigenvalue weighted by Crippen LogP contribution is 2.16. The molecule has 5 heteroatoms. The predicted octanol–water partition coefficient (Wildman–Crippen LogP) is 3.61. The molecule has 1 heterocycles. The number of nitrogens with one attached hydrogen (secondary N) is 2. The summed E-state index contributed by atoms with van der Waals surface area (Å²) in [5, 5.41) is 5.69. The van der Waals surface area contributed by atoms with E-state index in [1.165, 1.54) is 31.5 Å². The number of methoxy groups -OCH3 is 1. The van der Waals surface area contributed by atoms with Gasteiger partial charge in [-0.25, -0.2) is 4.79 Å². The monoisotopic (exact) mass is 339 g/mol. The van der Waals surface area contributed by atoms with Crippen molar-refractivity contribution in [1.29, 1.82) is 0 Å². The molecule has 2 N–H and O–H groups in total. The standard InChI is InChI=1S/C20H25N3O2/c1-25-19-6-4-5-18(13-19)22-20(24)21-14-16-7-9-17(10-8-16)15-23-11-2-3-12-23/h4-10,13H,2-3,11-12,14-15H2,1H3,(H2,21,22,24). The molecule has 2 aromatic carbocycles. The highest BCUT2D eigenvalue weighted by molar-refractivity contribution is 5.89. The van der Waals surface area contributed by atoms with Crippen LogP contribution in [0.15, 0.2) is 48.5 Å². The maximum absolute atomic E-state index is 12.0. The molecule has 0 radical (unpaired) electrons. The molecule has 0 saturated carbocycles. The van der Waals surface area contributed by atoms with Gasteiger partial charge < -0.3 is 15.4 Å². The first kappa shape index (κ1) is 17.3. The Kier molecular flexibility index (Phi) is 5.90. The topological polar surface area (TPSA) is 53.6 Å². The average Bonchev–Trinajstić information content (AvgIpc) is 3.14. The Morgan fingerprint density at radius 3 is 2.52 bits per heavy atom. The third kappa shape index (κ3) is 5.22. The molecule has 1 fully saturated rings. The maximum atomic E-state index is 12.0. The number of urea groups is 1. The predicted molar refractivity (Wildman–Crippen MR) is 99.8 cm³/mol. The Hall–Kier alpha value is -2.53. The summed E-state index contributed by atoms with van der Waals surface area (Å²) in [4.78, 5) is 14.5. The lowest BCUT2D eigenvalue weighted by Crippen LogP contribution is -2.28. The molecule has 132 valence electrons. The zero-order valence-electron chi connectivity index (χ0n) is 14.6. The summed E-state index contributed by atoms with van der Waals surface area (Å²) in [6.07, 6.45) is 2.62. The summed E-state index contributed by atoms with van der Waals surface area (Å²) in [5.74, 6) is 0.714. The summed E-state index contributed by atoms with van der Waals surface area (Å²) < 4.78 is 5.15. The number of benzene rings is 2. The minimum atomic E-state index is -0.227. The second-order valence-electron chi connectivity index (χ2n) is 6.34. The van der Waals surface area contributed by atoms with Gasteiger partial charge in [-0.2, -0.15) is 0 Å². The number of ether oxygens (including phenoxy) is 1. The van der Waals surface area contributed by atoms with Crippen molar-refractivity contribution in [2.45, 2.75) is 25.9 Å². The van der Waals surface area contributed by atoms with Crippen LogP contribution in [0.3, 0.4) is 0 Å². The zero-order chi connectivity index (χ0) is 17.5. The minimum absolute atomic E-state index is 0.227. The fraction of sp³-hybridized carbons (Fsp3) is 0.350. The van der Waals surface area contributed by atoms with Gasteiger partial charge in [-0.15, -0.1) is 0 Å². The fourth-order valence-electron chi connectivity index (χ4n) is 3.02. The summed E-state index contributed by atoms with van der Waals surface area (Å²) in [7, 11) is 1.60. The number of rotatable bonds is 6. The number of hydrogen-bond donors (Lipinski definition) is 2. The Morgan fingerprint density at radius 2 is 1.80 bits per heavy atom. The van der Waals surface area contributed by atoms with Crippen LogP contribution in [0.2, 0.25) is 0 Å². The number of nitrogens with zero attached hydrogens (tertiary/aromatic N) is 1. The first-order valence-corrected chi connectivity index (χ1v) is 8.72. The Morgan fingerprint density at radius 1 is 1.08 bits per heavy atom. The summed E-state index contributed by atoms with van der Waals surface area (Å²) in [5.41, 5.74) is 3.12. The van der Waals surface area contributed by atoms with Crippen molar-refractivity contribution in [3.63, 3.8) is 0 Å². The van der Waals surface area contributed by atoms with Crippen molar-refractivity contribution in [2.75, 3.05) is 25.5 Å². The van der Waals surface area contributed by atoms with E-state index >= 15 is 0 Å². The number of amides is 2. The van der Waals surface area contributed by atoms with Crippen LogP contribution in [0.4, 0.5) is 10.5 Å². The SMILES string of the molecule is COc1cccc(NC(=O)NCc2ccc(CN3CCCC3)cc2)c1. The molecule has 0 atom stereocenters. The largest absolute Gasteiger partial charge is 0.497 e. The zero-order valence-corrected chi connectivity index (χ0v) is 14.6. The molecule has 0 spiro atoms. The average molecular weight is 339 g/mol. The Bertz CT molecular complexity index is 694. The second kappa shape index (κ2) is 8.53. The van der Waals surface area contributed by atoms with Crippen molar-refractivity contribution in [3.05, 3.63) is 59.7 Å². The molecule has 1 aliphatic heterocycles. The third-order valence-corrected chi connectivity index (χ3v) is 4.41. The molecule has 0 aliphatic carbocycles. The van der Waals surface area contributed by atoms with Gasteiger partial charge in [-0.3, -0.25) is 4.90 Å². The molecule has 3 rings (SSSR count). The van der Waals surface area contributed by atoms with Gasteiger partial charge in [-0.05, 0) is 49.2 Å². The number of anilines is 1. The first-order valence-electron chi connectivity index (χ1n) is 8.72. The summed E-state index contributed by atoms with van der Waals surface area (Å²) >= 11 is 0. The van der Waals surface area contributed by atoms with Crippen LogP contribution in [-0.2, 0) is 13.1 Å². The molecule has 1 aliphatic rings. The lowest BCUT2D eigenvalue weighted by Gasteiger charge is -2.14. The van der Waals surface area contributed by atoms with E-state index in [2.05, 4.69) is 39.8 Å². The third-order valence-electron chi connectivity index (χ3n) is 4.41. The number of likely N-dealkylation sites (tertiary alicyclic amines) is 1. The van der Waals surface area contributed by atoms with Crippen LogP contribution >= 0.6 is 0 Å². The molecule has 0 bridgehead atoms. The van der Waals surface area contributed by atoms with Crippen molar-refractivity contribution < 1.29 is 9.53 Å². The van der Waals surface area contributed by atoms with E-state index in [1.54, 1.807) is 13.2 Å². The van der Waals surface area contributed by atoms with Crippen LogP contribution in [0.25, 0.3) is 0 Å². The van der Waals surface area contributed by atoms with Crippen LogP contribution in [0.1, 0.15) is 24.0 Å². The molecule has 5 nitrogen and oxygen atoms in total. The smallest absolute Gasteiger partial charge is 0.319 e. The number of hydrogen-bond acceptors (Lipinski definition) is 3. The van der Waals surface area contributed by atoms with Crippen LogP contribution < -0.4 is 15.4 Å². The lowest BCUT2D eigenvalue weighted by molar-refractivity contribution is 0.251. The summed E-state index contributed by atoms with van der Waals surface area (Å²) in [6, 6.07) is 15.5. The van der Waals surface area contributed by atoms with Crippen molar-refractivity contribution >= 4 is 11.7 Å². The van der Waals surface area contributed by atoms with Gasteiger partial charge in [0.15, 0.2) is 0 Å². The molecule has 1 saturated heterocycles. The lowest BCUT2D eigenvalue weighted by atomic mass is 10.1. The first-order chi connectivity index (χ1) is 12.2. The van der Waals surface area contributed by atoms with Crippen molar-refractivity contribution in [1.82, 2.24) is 10.2 Å². The van der Waals surface area contributed by atoms with Gasteiger partial charge in [0.2, 0.25) is 0 Å². The summed E-state index contributed by atoms with van der Waals surface area (Å²) in [6.45, 7) is 3.92. The van der Waals surface area contributed by atoms with Gasteiger partial charge in [0.05, 0.1) is 7.11 Å². The van der Waals surface area contributed by atoms with Gasteiger partial charge >= 0.3 is 6.03 Å². The van der Waals surface area contributed by atoms with Crippen molar-refractivity contribution in [2.24, 2.45) is 0 Å². The number of carbonyl (C=O) groups excluding carboxylic acids is 1. The molecule has 0 unspecified atom stereocenters. The second-order valence-corrected chi connectivity index (χ2v) is 6.34. The van der Waals surface area contributed by atoms with Crippen LogP contribution in [0, 0.1) is 0 Å². The van der Waals surface area contributed by atoms with E-state index in [0.717, 1.165) is 12.1 Å².